The van der Waals surface area contributed by atoms with Gasteiger partial charge in [0.05, 0.1) is 0 Å². The van der Waals surface area contributed by atoms with E-state index in [2.05, 4.69) is 4.98 Å². The van der Waals surface area contributed by atoms with Crippen LogP contribution in [-0.4, -0.2) is 37.5 Å². The number of hydrogen-bond donors (Lipinski definition) is 1. The maximum absolute atomic E-state index is 11.3. The number of aliphatic carboxylic acids is 1. The first kappa shape index (κ1) is 14.3. The van der Waals surface area contributed by atoms with Crippen molar-refractivity contribution in [3.8, 4) is 0 Å². The molecule has 0 saturated carbocycles. The van der Waals surface area contributed by atoms with E-state index >= 15 is 0 Å². The zero-order chi connectivity index (χ0) is 15.1. The molecule has 0 amide bonds. The molecule has 0 aliphatic rings. The number of carbonyl (C=O) groups is 1. The van der Waals surface area contributed by atoms with Gasteiger partial charge in [-0.25, -0.2) is 0 Å². The molecule has 1 N–H and O–H groups in total. The van der Waals surface area contributed by atoms with E-state index < -0.39 is 16.4 Å². The Hall–Kier alpha value is -2.16. The predicted molar refractivity (Wildman–Crippen MR) is 74.5 cm³/mol. The fourth-order valence-corrected chi connectivity index (χ4v) is 2.58. The number of rotatable bonds is 4. The van der Waals surface area contributed by atoms with Crippen LogP contribution in [0, 0.1) is 10.1 Å². The van der Waals surface area contributed by atoms with Gasteiger partial charge in [-0.05, 0) is 25.7 Å². The summed E-state index contributed by atoms with van der Waals surface area (Å²) in [5, 5.41) is 22.0. The molecule has 0 aromatic carbocycles. The van der Waals surface area contributed by atoms with Crippen molar-refractivity contribution < 1.29 is 14.8 Å². The van der Waals surface area contributed by atoms with Crippen LogP contribution in [0.25, 0.3) is 4.96 Å². The number of thiazole rings is 1. The Balaban J connectivity index is 2.63. The van der Waals surface area contributed by atoms with Crippen LogP contribution in [0.1, 0.15) is 20.8 Å². The van der Waals surface area contributed by atoms with Gasteiger partial charge in [0, 0.05) is 10.9 Å². The van der Waals surface area contributed by atoms with E-state index in [9.17, 15) is 14.9 Å². The van der Waals surface area contributed by atoms with Crippen molar-refractivity contribution in [2.45, 2.75) is 26.3 Å². The summed E-state index contributed by atoms with van der Waals surface area (Å²) in [6.07, 6.45) is 1.55. The summed E-state index contributed by atoms with van der Waals surface area (Å²) in [6.45, 7) is 5.00. The van der Waals surface area contributed by atoms with Crippen LogP contribution in [0.15, 0.2) is 11.6 Å². The van der Waals surface area contributed by atoms with Gasteiger partial charge in [0.25, 0.3) is 4.96 Å². The lowest BCUT2D eigenvalue weighted by atomic mass is 10.1. The zero-order valence-corrected chi connectivity index (χ0v) is 12.0. The van der Waals surface area contributed by atoms with Gasteiger partial charge < -0.3 is 20.1 Å². The minimum Gasteiger partial charge on any atom is -0.480 e. The number of hydrogen-bond acceptors (Lipinski definition) is 6. The van der Waals surface area contributed by atoms with Gasteiger partial charge in [-0.3, -0.25) is 4.79 Å². The quantitative estimate of drug-likeness (QED) is 0.684. The summed E-state index contributed by atoms with van der Waals surface area (Å²) in [5.41, 5.74) is -0.604. The maximum atomic E-state index is 11.3. The van der Waals surface area contributed by atoms with E-state index in [0.29, 0.717) is 4.96 Å². The SMILES string of the molecule is CC(C)(C)N(CC(=O)O)c1nc2sccn2c1[N+](=O)[O-]. The smallest absolute Gasteiger partial charge is 0.373 e. The molecule has 0 atom stereocenters. The Morgan fingerprint density at radius 1 is 1.60 bits per heavy atom. The van der Waals surface area contributed by atoms with E-state index in [-0.39, 0.29) is 18.2 Å². The first-order valence-electron chi connectivity index (χ1n) is 5.81. The number of nitro groups is 1. The molecule has 0 saturated heterocycles. The number of nitrogens with zero attached hydrogens (tertiary/aromatic N) is 4. The van der Waals surface area contributed by atoms with E-state index in [1.165, 1.54) is 20.6 Å². The molecule has 0 unspecified atom stereocenters. The molecule has 0 fully saturated rings. The number of aromatic nitrogens is 2. The lowest BCUT2D eigenvalue weighted by molar-refractivity contribution is -0.389. The topological polar surface area (TPSA) is 101 Å². The molecule has 2 aromatic heterocycles. The Bertz CT molecular complexity index is 670. The maximum Gasteiger partial charge on any atom is 0.373 e. The van der Waals surface area contributed by atoms with Crippen LogP contribution in [0.3, 0.4) is 0 Å². The first-order valence-corrected chi connectivity index (χ1v) is 6.69. The van der Waals surface area contributed by atoms with Gasteiger partial charge in [-0.2, -0.15) is 9.38 Å². The lowest BCUT2D eigenvalue weighted by Gasteiger charge is -2.33. The minimum absolute atomic E-state index is 0.0803. The summed E-state index contributed by atoms with van der Waals surface area (Å²) < 4.78 is 1.36. The van der Waals surface area contributed by atoms with Crippen molar-refractivity contribution in [2.75, 3.05) is 11.4 Å². The fraction of sp³-hybridized carbons (Fsp3) is 0.455. The minimum atomic E-state index is -1.06. The third kappa shape index (κ3) is 2.44. The highest BCUT2D eigenvalue weighted by molar-refractivity contribution is 7.15. The van der Waals surface area contributed by atoms with E-state index in [4.69, 9.17) is 5.11 Å². The Kier molecular flexibility index (Phi) is 3.38. The normalized spacial score (nSPS) is 11.8. The molecular weight excluding hydrogens is 284 g/mol. The summed E-state index contributed by atoms with van der Waals surface area (Å²) in [6, 6.07) is 0. The van der Waals surface area contributed by atoms with Crippen LogP contribution in [0.5, 0.6) is 0 Å². The Morgan fingerprint density at radius 2 is 2.25 bits per heavy atom. The van der Waals surface area contributed by atoms with Gasteiger partial charge >= 0.3 is 11.8 Å². The van der Waals surface area contributed by atoms with Crippen molar-refractivity contribution in [1.82, 2.24) is 9.38 Å². The summed E-state index contributed by atoms with van der Waals surface area (Å²) in [4.78, 5) is 27.9. The van der Waals surface area contributed by atoms with Crippen LogP contribution < -0.4 is 4.90 Å². The third-order valence-electron chi connectivity index (χ3n) is 2.75. The predicted octanol–water partition coefficient (Wildman–Crippen LogP) is 1.99. The average Bonchev–Trinajstić information content (AvgIpc) is 2.81. The molecule has 108 valence electrons. The molecule has 0 radical (unpaired) electrons. The number of imidazole rings is 1. The molecule has 2 heterocycles. The summed E-state index contributed by atoms with van der Waals surface area (Å²) in [7, 11) is 0. The number of carboxylic acid groups (broad SMARTS) is 1. The monoisotopic (exact) mass is 298 g/mol. The highest BCUT2D eigenvalue weighted by atomic mass is 32.1. The fourth-order valence-electron chi connectivity index (χ4n) is 1.88. The second-order valence-corrected chi connectivity index (χ2v) is 6.10. The van der Waals surface area contributed by atoms with Crippen LogP contribution in [0.4, 0.5) is 11.6 Å². The standard InChI is InChI=1S/C11H14N4O4S/c1-11(2,3)14(6-7(16)17)8-9(15(18)19)13-4-5-20-10(13)12-8/h4-5H,6H2,1-3H3,(H,16,17). The first-order chi connectivity index (χ1) is 9.21. The van der Waals surface area contributed by atoms with Gasteiger partial charge in [-0.1, -0.05) is 11.3 Å². The highest BCUT2D eigenvalue weighted by Gasteiger charge is 2.34. The van der Waals surface area contributed by atoms with Gasteiger partial charge in [0.15, 0.2) is 0 Å². The molecule has 2 rings (SSSR count). The number of carboxylic acids is 1. The lowest BCUT2D eigenvalue weighted by Crippen LogP contribution is -2.45. The van der Waals surface area contributed by atoms with Gasteiger partial charge in [-0.15, -0.1) is 0 Å². The van der Waals surface area contributed by atoms with Crippen LogP contribution >= 0.6 is 11.3 Å². The Morgan fingerprint density at radius 3 is 2.75 bits per heavy atom. The average molecular weight is 298 g/mol. The number of anilines is 1. The van der Waals surface area contributed by atoms with Crippen molar-refractivity contribution >= 4 is 33.9 Å². The largest absolute Gasteiger partial charge is 0.480 e. The molecular formula is C11H14N4O4S. The molecule has 0 aliphatic heterocycles. The second-order valence-electron chi connectivity index (χ2n) is 5.22. The summed E-state index contributed by atoms with van der Waals surface area (Å²) in [5.74, 6) is -1.19. The van der Waals surface area contributed by atoms with Crippen molar-refractivity contribution in [1.29, 1.82) is 0 Å². The van der Waals surface area contributed by atoms with E-state index in [1.54, 1.807) is 32.3 Å². The third-order valence-corrected chi connectivity index (χ3v) is 3.51. The van der Waals surface area contributed by atoms with Crippen LogP contribution in [0.2, 0.25) is 0 Å². The highest BCUT2D eigenvalue weighted by Crippen LogP contribution is 2.34. The summed E-state index contributed by atoms with van der Waals surface area (Å²) >= 11 is 1.26. The van der Waals surface area contributed by atoms with Gasteiger partial charge in [0.2, 0.25) is 5.82 Å². The molecule has 8 nitrogen and oxygen atoms in total. The van der Waals surface area contributed by atoms with Crippen LogP contribution in [-0.2, 0) is 4.79 Å². The van der Waals surface area contributed by atoms with Crippen molar-refractivity contribution in [3.63, 3.8) is 0 Å². The molecule has 9 heteroatoms. The molecule has 0 aliphatic carbocycles. The van der Waals surface area contributed by atoms with E-state index in [0.717, 1.165) is 0 Å². The van der Waals surface area contributed by atoms with Gasteiger partial charge in [0.1, 0.15) is 12.7 Å². The number of fused-ring (bicyclic) bond motifs is 1. The van der Waals surface area contributed by atoms with Crippen molar-refractivity contribution in [2.24, 2.45) is 0 Å². The van der Waals surface area contributed by atoms with E-state index in [1.807, 2.05) is 0 Å². The van der Waals surface area contributed by atoms with Crippen molar-refractivity contribution in [3.05, 3.63) is 21.7 Å². The molecule has 0 spiro atoms. The second kappa shape index (κ2) is 4.75. The molecule has 20 heavy (non-hydrogen) atoms. The molecule has 2 aromatic rings. The molecule has 0 bridgehead atoms. The zero-order valence-electron chi connectivity index (χ0n) is 11.2. The Labute approximate surface area is 118 Å².